The van der Waals surface area contributed by atoms with Crippen molar-refractivity contribution in [2.45, 2.75) is 26.3 Å². The molecule has 26 heavy (non-hydrogen) atoms. The molecule has 140 valence electrons. The Labute approximate surface area is 157 Å². The van der Waals surface area contributed by atoms with Crippen LogP contribution in [0.5, 0.6) is 11.5 Å². The van der Waals surface area contributed by atoms with E-state index >= 15 is 0 Å². The third-order valence-corrected chi connectivity index (χ3v) is 5.19. The Morgan fingerprint density at radius 2 is 1.73 bits per heavy atom. The topological polar surface area (TPSA) is 33.7 Å². The third-order valence-electron chi connectivity index (χ3n) is 5.19. The summed E-state index contributed by atoms with van der Waals surface area (Å²) in [5.74, 6) is 1.70. The highest BCUT2D eigenvalue weighted by molar-refractivity contribution is 5.48. The largest absolute Gasteiger partial charge is 0.497 e. The average Bonchev–Trinajstić information content (AvgIpc) is 2.93. The predicted octanol–water partition coefficient (Wildman–Crippen LogP) is 3.71. The van der Waals surface area contributed by atoms with Gasteiger partial charge in [-0.15, -0.1) is 0 Å². The lowest BCUT2D eigenvalue weighted by Crippen LogP contribution is -2.33. The molecule has 1 saturated heterocycles. The number of aryl methyl sites for hydroxylation is 2. The third kappa shape index (κ3) is 4.02. The van der Waals surface area contributed by atoms with Gasteiger partial charge in [0.15, 0.2) is 0 Å². The number of rotatable bonds is 5. The summed E-state index contributed by atoms with van der Waals surface area (Å²) in [5.41, 5.74) is 5.16. The Morgan fingerprint density at radius 3 is 2.46 bits per heavy atom. The predicted molar refractivity (Wildman–Crippen MR) is 106 cm³/mol. The molecule has 0 saturated carbocycles. The van der Waals surface area contributed by atoms with Crippen LogP contribution in [0.15, 0.2) is 36.4 Å². The van der Waals surface area contributed by atoms with Crippen LogP contribution >= 0.6 is 0 Å². The second kappa shape index (κ2) is 8.56. The lowest BCUT2D eigenvalue weighted by molar-refractivity contribution is 0.235. The maximum absolute atomic E-state index is 5.75. The van der Waals surface area contributed by atoms with Gasteiger partial charge in [-0.2, -0.15) is 0 Å². The van der Waals surface area contributed by atoms with Crippen LogP contribution in [0.3, 0.4) is 0 Å². The molecule has 0 bridgehead atoms. The molecule has 0 radical (unpaired) electrons. The van der Waals surface area contributed by atoms with E-state index in [0.29, 0.717) is 0 Å². The quantitative estimate of drug-likeness (QED) is 0.888. The molecule has 3 rings (SSSR count). The molecule has 1 aliphatic heterocycles. The van der Waals surface area contributed by atoms with Crippen LogP contribution in [0.1, 0.15) is 34.7 Å². The van der Waals surface area contributed by atoms with Crippen LogP contribution in [0.4, 0.5) is 0 Å². The Hall–Kier alpha value is -2.04. The van der Waals surface area contributed by atoms with E-state index in [1.54, 1.807) is 14.2 Å². The zero-order valence-corrected chi connectivity index (χ0v) is 16.3. The first-order valence-corrected chi connectivity index (χ1v) is 9.38. The van der Waals surface area contributed by atoms with Crippen molar-refractivity contribution in [1.82, 2.24) is 10.2 Å². The Bertz CT molecular complexity index is 737. The molecule has 1 unspecified atom stereocenters. The maximum atomic E-state index is 5.75. The molecular weight excluding hydrogens is 324 g/mol. The second-order valence-corrected chi connectivity index (χ2v) is 7.01. The number of methoxy groups -OCH3 is 2. The molecule has 0 aromatic heterocycles. The number of nitrogens with zero attached hydrogens (tertiary/aromatic N) is 1. The molecule has 2 aromatic rings. The molecular formula is C22H30N2O2. The molecule has 4 heteroatoms. The summed E-state index contributed by atoms with van der Waals surface area (Å²) >= 11 is 0. The monoisotopic (exact) mass is 354 g/mol. The molecule has 0 amide bonds. The van der Waals surface area contributed by atoms with Gasteiger partial charge >= 0.3 is 0 Å². The van der Waals surface area contributed by atoms with Crippen molar-refractivity contribution < 1.29 is 9.47 Å². The lowest BCUT2D eigenvalue weighted by Gasteiger charge is -2.33. The van der Waals surface area contributed by atoms with Gasteiger partial charge in [-0.05, 0) is 50.1 Å². The van der Waals surface area contributed by atoms with E-state index in [0.717, 1.165) is 44.1 Å². The van der Waals surface area contributed by atoms with Crippen LogP contribution in [0.2, 0.25) is 0 Å². The maximum Gasteiger partial charge on any atom is 0.127 e. The lowest BCUT2D eigenvalue weighted by atomic mass is 9.91. The number of hydrogen-bond acceptors (Lipinski definition) is 4. The Kier molecular flexibility index (Phi) is 6.17. The number of benzene rings is 2. The molecule has 1 aliphatic rings. The summed E-state index contributed by atoms with van der Waals surface area (Å²) < 4.78 is 11.2. The first-order chi connectivity index (χ1) is 12.6. The molecule has 1 fully saturated rings. The summed E-state index contributed by atoms with van der Waals surface area (Å²) in [4.78, 5) is 2.57. The van der Waals surface area contributed by atoms with Crippen LogP contribution in [-0.4, -0.2) is 45.3 Å². The Morgan fingerprint density at radius 1 is 0.923 bits per heavy atom. The summed E-state index contributed by atoms with van der Waals surface area (Å²) in [7, 11) is 3.43. The minimum absolute atomic E-state index is 0.177. The van der Waals surface area contributed by atoms with Crippen LogP contribution < -0.4 is 14.8 Å². The van der Waals surface area contributed by atoms with Gasteiger partial charge in [-0.1, -0.05) is 23.8 Å². The fraction of sp³-hybridized carbons (Fsp3) is 0.455. The van der Waals surface area contributed by atoms with Crippen LogP contribution in [-0.2, 0) is 0 Å². The fourth-order valence-corrected chi connectivity index (χ4v) is 3.86. The first kappa shape index (κ1) is 18.7. The van der Waals surface area contributed by atoms with Gasteiger partial charge in [0, 0.05) is 31.3 Å². The van der Waals surface area contributed by atoms with Gasteiger partial charge in [0.05, 0.1) is 20.3 Å². The molecule has 0 spiro atoms. The van der Waals surface area contributed by atoms with Gasteiger partial charge < -0.3 is 14.8 Å². The molecule has 1 N–H and O–H groups in total. The van der Waals surface area contributed by atoms with Crippen molar-refractivity contribution in [2.75, 3.05) is 40.4 Å². The summed E-state index contributed by atoms with van der Waals surface area (Å²) in [6.45, 7) is 8.54. The van der Waals surface area contributed by atoms with Crippen LogP contribution in [0, 0.1) is 13.8 Å². The van der Waals surface area contributed by atoms with Gasteiger partial charge in [0.2, 0.25) is 0 Å². The number of hydrogen-bond donors (Lipinski definition) is 1. The van der Waals surface area contributed by atoms with E-state index in [2.05, 4.69) is 48.3 Å². The van der Waals surface area contributed by atoms with Gasteiger partial charge in [-0.25, -0.2) is 0 Å². The van der Waals surface area contributed by atoms with E-state index in [9.17, 15) is 0 Å². The standard InChI is InChI=1S/C22H30N2O2/c1-16-6-8-19(17(2)14-16)22(24-12-5-10-23-11-13-24)20-9-7-18(25-3)15-21(20)26-4/h6-9,14-15,22-23H,5,10-13H2,1-4H3. The van der Waals surface area contributed by atoms with Gasteiger partial charge in [0.1, 0.15) is 11.5 Å². The van der Waals surface area contributed by atoms with Crippen molar-refractivity contribution >= 4 is 0 Å². The van der Waals surface area contributed by atoms with E-state index < -0.39 is 0 Å². The zero-order chi connectivity index (χ0) is 18.5. The highest BCUT2D eigenvalue weighted by atomic mass is 16.5. The van der Waals surface area contributed by atoms with E-state index in [1.807, 2.05) is 12.1 Å². The fourth-order valence-electron chi connectivity index (χ4n) is 3.86. The highest BCUT2D eigenvalue weighted by Crippen LogP contribution is 2.38. The molecule has 4 nitrogen and oxygen atoms in total. The molecule has 1 atom stereocenters. The summed E-state index contributed by atoms with van der Waals surface area (Å²) in [6.07, 6.45) is 1.15. The van der Waals surface area contributed by atoms with E-state index in [4.69, 9.17) is 9.47 Å². The van der Waals surface area contributed by atoms with Crippen molar-refractivity contribution in [3.05, 3.63) is 58.7 Å². The normalized spacial score (nSPS) is 16.8. The van der Waals surface area contributed by atoms with E-state index in [-0.39, 0.29) is 6.04 Å². The number of ether oxygens (including phenoxy) is 2. The number of nitrogens with one attached hydrogen (secondary N) is 1. The smallest absolute Gasteiger partial charge is 0.127 e. The average molecular weight is 354 g/mol. The van der Waals surface area contributed by atoms with Crippen LogP contribution in [0.25, 0.3) is 0 Å². The van der Waals surface area contributed by atoms with E-state index in [1.165, 1.54) is 22.3 Å². The highest BCUT2D eigenvalue weighted by Gasteiger charge is 2.27. The van der Waals surface area contributed by atoms with Crippen molar-refractivity contribution in [2.24, 2.45) is 0 Å². The SMILES string of the molecule is COc1ccc(C(c2ccc(C)cc2C)N2CCCNCC2)c(OC)c1. The Balaban J connectivity index is 2.11. The van der Waals surface area contributed by atoms with Gasteiger partial charge in [0.25, 0.3) is 0 Å². The molecule has 1 heterocycles. The molecule has 2 aromatic carbocycles. The zero-order valence-electron chi connectivity index (χ0n) is 16.3. The van der Waals surface area contributed by atoms with Crippen molar-refractivity contribution in [3.8, 4) is 11.5 Å². The minimum atomic E-state index is 0.177. The second-order valence-electron chi connectivity index (χ2n) is 7.01. The first-order valence-electron chi connectivity index (χ1n) is 9.38. The summed E-state index contributed by atoms with van der Waals surface area (Å²) in [5, 5.41) is 3.51. The minimum Gasteiger partial charge on any atom is -0.497 e. The summed E-state index contributed by atoms with van der Waals surface area (Å²) in [6, 6.07) is 13.1. The molecule has 0 aliphatic carbocycles. The van der Waals surface area contributed by atoms with Gasteiger partial charge in [-0.3, -0.25) is 4.90 Å². The van der Waals surface area contributed by atoms with Crippen molar-refractivity contribution in [1.29, 1.82) is 0 Å². The van der Waals surface area contributed by atoms with Crippen molar-refractivity contribution in [3.63, 3.8) is 0 Å².